The van der Waals surface area contributed by atoms with Gasteiger partial charge in [-0.05, 0) is 73.8 Å². The molecule has 13 nitrogen and oxygen atoms in total. The van der Waals surface area contributed by atoms with E-state index in [9.17, 15) is 9.18 Å². The van der Waals surface area contributed by atoms with Crippen LogP contribution in [0.4, 0.5) is 15.9 Å². The van der Waals surface area contributed by atoms with E-state index in [1.165, 1.54) is 30.1 Å². The standard InChI is InChI=1S/C27H23BrFN9O4/c1-40-22-12-17(11-20(28)24(22)41-15-16-7-9-18(29)10-8-16)13-32-34-27(39)23-21(14-31-19-5-3-2-4-6-19)38(37-33-23)26-25(30)35-42-36-26/h2-13,31H,14-15H2,1H3,(H2,30,35)(H,34,39)/b32-13+. The summed E-state index contributed by atoms with van der Waals surface area (Å²) in [5, 5.41) is 22.6. The van der Waals surface area contributed by atoms with Crippen molar-refractivity contribution in [2.75, 3.05) is 18.2 Å². The summed E-state index contributed by atoms with van der Waals surface area (Å²) in [5.74, 6) is 0.00806. The number of nitrogen functional groups attached to an aromatic ring is 1. The van der Waals surface area contributed by atoms with Crippen molar-refractivity contribution in [3.05, 3.63) is 99.5 Å². The minimum Gasteiger partial charge on any atom is -0.493 e. The average molecular weight is 636 g/mol. The lowest BCUT2D eigenvalue weighted by Gasteiger charge is -2.13. The van der Waals surface area contributed by atoms with Crippen LogP contribution in [0.3, 0.4) is 0 Å². The van der Waals surface area contributed by atoms with Crippen molar-refractivity contribution < 1.29 is 23.3 Å². The molecular weight excluding hydrogens is 613 g/mol. The largest absolute Gasteiger partial charge is 0.493 e. The number of halogens is 2. The van der Waals surface area contributed by atoms with Gasteiger partial charge in [0.25, 0.3) is 5.91 Å². The molecule has 0 aliphatic rings. The Morgan fingerprint density at radius 2 is 1.95 bits per heavy atom. The fourth-order valence-electron chi connectivity index (χ4n) is 3.80. The molecule has 4 N–H and O–H groups in total. The Hall–Kier alpha value is -5.31. The van der Waals surface area contributed by atoms with Gasteiger partial charge in [-0.2, -0.15) is 9.78 Å². The Kier molecular flexibility index (Phi) is 8.67. The number of aromatic nitrogens is 5. The summed E-state index contributed by atoms with van der Waals surface area (Å²) >= 11 is 3.48. The molecule has 0 spiro atoms. The summed E-state index contributed by atoms with van der Waals surface area (Å²) in [6.45, 7) is 0.357. The van der Waals surface area contributed by atoms with Gasteiger partial charge in [0.15, 0.2) is 17.2 Å². The smallest absolute Gasteiger partial charge is 0.293 e. The molecule has 0 radical (unpaired) electrons. The van der Waals surface area contributed by atoms with Crippen LogP contribution in [0.2, 0.25) is 0 Å². The third-order valence-electron chi connectivity index (χ3n) is 5.84. The molecule has 42 heavy (non-hydrogen) atoms. The van der Waals surface area contributed by atoms with Crippen molar-refractivity contribution in [1.82, 2.24) is 30.7 Å². The SMILES string of the molecule is COc1cc(/C=N/NC(=O)c2nnn(-c3nonc3N)c2CNc2ccccc2)cc(Br)c1OCc1ccc(F)cc1. The second-order valence-electron chi connectivity index (χ2n) is 8.64. The number of nitrogens with two attached hydrogens (primary N) is 1. The van der Waals surface area contributed by atoms with Crippen molar-refractivity contribution in [2.45, 2.75) is 13.2 Å². The molecule has 0 saturated carbocycles. The van der Waals surface area contributed by atoms with Gasteiger partial charge in [-0.3, -0.25) is 4.79 Å². The van der Waals surface area contributed by atoms with E-state index in [4.69, 9.17) is 15.2 Å². The van der Waals surface area contributed by atoms with Crippen LogP contribution in [0, 0.1) is 5.82 Å². The number of hydrogen-bond acceptors (Lipinski definition) is 11. The van der Waals surface area contributed by atoms with Gasteiger partial charge in [-0.15, -0.1) is 5.10 Å². The topological polar surface area (TPSA) is 168 Å². The number of benzene rings is 3. The van der Waals surface area contributed by atoms with Crippen LogP contribution >= 0.6 is 15.9 Å². The molecule has 5 aromatic rings. The quantitative estimate of drug-likeness (QED) is 0.142. The zero-order valence-electron chi connectivity index (χ0n) is 22.0. The summed E-state index contributed by atoms with van der Waals surface area (Å²) in [4.78, 5) is 13.1. The van der Waals surface area contributed by atoms with Gasteiger partial charge in [0.05, 0.1) is 30.0 Å². The van der Waals surface area contributed by atoms with Gasteiger partial charge in [-0.1, -0.05) is 35.5 Å². The number of para-hydroxylation sites is 1. The highest BCUT2D eigenvalue weighted by molar-refractivity contribution is 9.10. The molecule has 214 valence electrons. The lowest BCUT2D eigenvalue weighted by atomic mass is 10.2. The molecule has 0 unspecified atom stereocenters. The Morgan fingerprint density at radius 3 is 2.67 bits per heavy atom. The molecule has 0 saturated heterocycles. The molecule has 0 fully saturated rings. The first-order valence-corrected chi connectivity index (χ1v) is 13.1. The van der Waals surface area contributed by atoms with Gasteiger partial charge < -0.3 is 20.5 Å². The minimum absolute atomic E-state index is 0.0127. The lowest BCUT2D eigenvalue weighted by Crippen LogP contribution is -2.21. The first-order valence-electron chi connectivity index (χ1n) is 12.3. The molecule has 0 atom stereocenters. The van der Waals surface area contributed by atoms with E-state index in [1.807, 2.05) is 30.3 Å². The average Bonchev–Trinajstić information content (AvgIpc) is 3.62. The third kappa shape index (κ3) is 6.52. The highest BCUT2D eigenvalue weighted by Crippen LogP contribution is 2.37. The van der Waals surface area contributed by atoms with E-state index in [1.54, 1.807) is 24.3 Å². The third-order valence-corrected chi connectivity index (χ3v) is 6.43. The van der Waals surface area contributed by atoms with Gasteiger partial charge in [0.1, 0.15) is 12.4 Å². The van der Waals surface area contributed by atoms with Crippen LogP contribution in [0.25, 0.3) is 5.82 Å². The van der Waals surface area contributed by atoms with E-state index in [2.05, 4.69) is 57.0 Å². The van der Waals surface area contributed by atoms with E-state index in [0.717, 1.165) is 11.3 Å². The Morgan fingerprint density at radius 1 is 1.17 bits per heavy atom. The van der Waals surface area contributed by atoms with Gasteiger partial charge in [0.2, 0.25) is 11.6 Å². The van der Waals surface area contributed by atoms with E-state index < -0.39 is 5.91 Å². The zero-order chi connectivity index (χ0) is 29.5. The number of rotatable bonds is 11. The first kappa shape index (κ1) is 28.2. The van der Waals surface area contributed by atoms with Crippen molar-refractivity contribution in [3.8, 4) is 17.3 Å². The van der Waals surface area contributed by atoms with Gasteiger partial charge in [0, 0.05) is 5.69 Å². The van der Waals surface area contributed by atoms with Crippen molar-refractivity contribution >= 4 is 39.6 Å². The number of hydrogen-bond donors (Lipinski definition) is 3. The number of ether oxygens (including phenoxy) is 2. The predicted octanol–water partition coefficient (Wildman–Crippen LogP) is 4.10. The number of hydrazone groups is 1. The molecule has 15 heteroatoms. The number of nitrogens with zero attached hydrogens (tertiary/aromatic N) is 6. The first-order chi connectivity index (χ1) is 20.4. The van der Waals surface area contributed by atoms with Crippen molar-refractivity contribution in [1.29, 1.82) is 0 Å². The molecule has 2 heterocycles. The second-order valence-corrected chi connectivity index (χ2v) is 9.49. The van der Waals surface area contributed by atoms with Crippen LogP contribution in [0.1, 0.15) is 27.3 Å². The number of carbonyl (C=O) groups excluding carboxylic acids is 1. The van der Waals surface area contributed by atoms with Crippen LogP contribution in [0.15, 0.2) is 80.9 Å². The Bertz CT molecular complexity index is 1710. The lowest BCUT2D eigenvalue weighted by molar-refractivity contribution is 0.0949. The number of nitrogens with one attached hydrogen (secondary N) is 2. The summed E-state index contributed by atoms with van der Waals surface area (Å²) < 4.78 is 31.1. The maximum Gasteiger partial charge on any atom is 0.293 e. The fourth-order valence-corrected chi connectivity index (χ4v) is 4.37. The molecule has 2 aromatic heterocycles. The van der Waals surface area contributed by atoms with Gasteiger partial charge in [-0.25, -0.2) is 14.4 Å². The molecule has 5 rings (SSSR count). The highest BCUT2D eigenvalue weighted by Gasteiger charge is 2.24. The van der Waals surface area contributed by atoms with E-state index >= 15 is 0 Å². The monoisotopic (exact) mass is 635 g/mol. The summed E-state index contributed by atoms with van der Waals surface area (Å²) in [6, 6.07) is 18.8. The highest BCUT2D eigenvalue weighted by atomic mass is 79.9. The molecule has 3 aromatic carbocycles. The van der Waals surface area contributed by atoms with E-state index in [-0.39, 0.29) is 36.3 Å². The number of amides is 1. The van der Waals surface area contributed by atoms with Crippen molar-refractivity contribution in [2.24, 2.45) is 5.10 Å². The minimum atomic E-state index is -0.623. The molecule has 0 bridgehead atoms. The van der Waals surface area contributed by atoms with Crippen LogP contribution in [0.5, 0.6) is 11.5 Å². The van der Waals surface area contributed by atoms with Crippen molar-refractivity contribution in [3.63, 3.8) is 0 Å². The molecular formula is C27H23BrFN9O4. The maximum absolute atomic E-state index is 13.2. The maximum atomic E-state index is 13.2. The van der Waals surface area contributed by atoms with Gasteiger partial charge >= 0.3 is 0 Å². The van der Waals surface area contributed by atoms with Crippen LogP contribution in [-0.4, -0.2) is 44.5 Å². The van der Waals surface area contributed by atoms with E-state index in [0.29, 0.717) is 27.2 Å². The predicted molar refractivity (Wildman–Crippen MR) is 154 cm³/mol. The number of anilines is 2. The molecule has 1 amide bonds. The van der Waals surface area contributed by atoms with Crippen LogP contribution < -0.4 is 25.9 Å². The Balaban J connectivity index is 1.31. The number of methoxy groups -OCH3 is 1. The zero-order valence-corrected chi connectivity index (χ0v) is 23.6. The molecule has 0 aliphatic carbocycles. The normalized spacial score (nSPS) is 11.0. The second kappa shape index (κ2) is 12.9. The summed E-state index contributed by atoms with van der Waals surface area (Å²) in [7, 11) is 1.50. The van der Waals surface area contributed by atoms with Crippen LogP contribution in [-0.2, 0) is 13.2 Å². The fraction of sp³-hybridized carbons (Fsp3) is 0.111. The summed E-state index contributed by atoms with van der Waals surface area (Å²) in [5.41, 5.74) is 10.8. The number of carbonyl (C=O) groups is 1. The summed E-state index contributed by atoms with van der Waals surface area (Å²) in [6.07, 6.45) is 1.43. The Labute approximate surface area is 246 Å². The molecule has 0 aliphatic heterocycles.